The lowest BCUT2D eigenvalue weighted by Gasteiger charge is -2.27. The molecule has 0 radical (unpaired) electrons. The van der Waals surface area contributed by atoms with Crippen molar-refractivity contribution in [3.05, 3.63) is 35.9 Å². The quantitative estimate of drug-likeness (QED) is 0.379. The lowest BCUT2D eigenvalue weighted by molar-refractivity contribution is 0.0913. The van der Waals surface area contributed by atoms with Gasteiger partial charge in [-0.3, -0.25) is 0 Å². The van der Waals surface area contributed by atoms with E-state index in [1.165, 1.54) is 25.7 Å². The Morgan fingerprint density at radius 1 is 1.10 bits per heavy atom. The molecule has 0 spiro atoms. The number of hydrogen-bond acceptors (Lipinski definition) is 3. The summed E-state index contributed by atoms with van der Waals surface area (Å²) in [5.41, 5.74) is 1.58. The van der Waals surface area contributed by atoms with E-state index in [0.29, 0.717) is 11.6 Å². The first-order valence-corrected chi connectivity index (χ1v) is 8.08. The van der Waals surface area contributed by atoms with Crippen LogP contribution in [0, 0.1) is 5.92 Å². The van der Waals surface area contributed by atoms with E-state index in [2.05, 4.69) is 19.0 Å². The van der Waals surface area contributed by atoms with Crippen molar-refractivity contribution in [3.63, 3.8) is 0 Å². The van der Waals surface area contributed by atoms with Gasteiger partial charge in [-0.2, -0.15) is 0 Å². The maximum Gasteiger partial charge on any atom is 0.116 e. The largest absolute Gasteiger partial charge is 0.411 e. The SMILES string of the molecule is CCCCC(CCCC)C(OC)C(=NO)c1ccccc1. The van der Waals surface area contributed by atoms with E-state index in [0.717, 1.165) is 18.4 Å². The summed E-state index contributed by atoms with van der Waals surface area (Å²) in [6.45, 7) is 4.41. The van der Waals surface area contributed by atoms with Gasteiger partial charge in [-0.25, -0.2) is 0 Å². The molecule has 0 aliphatic rings. The number of hydrogen-bond donors (Lipinski definition) is 1. The van der Waals surface area contributed by atoms with Gasteiger partial charge in [0.1, 0.15) is 11.8 Å². The van der Waals surface area contributed by atoms with Crippen molar-refractivity contribution in [3.8, 4) is 0 Å². The van der Waals surface area contributed by atoms with Crippen molar-refractivity contribution < 1.29 is 9.94 Å². The van der Waals surface area contributed by atoms with Crippen LogP contribution in [0.2, 0.25) is 0 Å². The summed E-state index contributed by atoms with van der Waals surface area (Å²) < 4.78 is 5.72. The zero-order valence-electron chi connectivity index (χ0n) is 13.6. The van der Waals surface area contributed by atoms with Crippen LogP contribution >= 0.6 is 0 Å². The van der Waals surface area contributed by atoms with Gasteiger partial charge in [-0.1, -0.05) is 75.0 Å². The predicted octanol–water partition coefficient (Wildman–Crippen LogP) is 4.88. The summed E-state index contributed by atoms with van der Waals surface area (Å²) in [6.07, 6.45) is 6.80. The van der Waals surface area contributed by atoms with Gasteiger partial charge < -0.3 is 9.94 Å². The first kappa shape index (κ1) is 17.7. The summed E-state index contributed by atoms with van der Waals surface area (Å²) in [7, 11) is 1.71. The highest BCUT2D eigenvalue weighted by atomic mass is 16.5. The lowest BCUT2D eigenvalue weighted by atomic mass is 9.86. The highest BCUT2D eigenvalue weighted by Crippen LogP contribution is 2.25. The van der Waals surface area contributed by atoms with Gasteiger partial charge in [-0.05, 0) is 18.8 Å². The van der Waals surface area contributed by atoms with Crippen LogP contribution in [-0.4, -0.2) is 24.1 Å². The lowest BCUT2D eigenvalue weighted by Crippen LogP contribution is -2.32. The van der Waals surface area contributed by atoms with Crippen LogP contribution in [0.4, 0.5) is 0 Å². The third kappa shape index (κ3) is 5.50. The summed E-state index contributed by atoms with van der Waals surface area (Å²) in [4.78, 5) is 0. The third-order valence-electron chi connectivity index (χ3n) is 3.99. The van der Waals surface area contributed by atoms with E-state index in [9.17, 15) is 5.21 Å². The smallest absolute Gasteiger partial charge is 0.116 e. The summed E-state index contributed by atoms with van der Waals surface area (Å²) in [6, 6.07) is 9.82. The first-order chi connectivity index (χ1) is 10.3. The van der Waals surface area contributed by atoms with E-state index >= 15 is 0 Å². The van der Waals surface area contributed by atoms with Crippen molar-refractivity contribution >= 4 is 5.71 Å². The van der Waals surface area contributed by atoms with Crippen molar-refractivity contribution in [2.45, 2.75) is 58.5 Å². The Morgan fingerprint density at radius 3 is 2.10 bits per heavy atom. The van der Waals surface area contributed by atoms with Crippen molar-refractivity contribution in [1.82, 2.24) is 0 Å². The molecule has 1 aromatic carbocycles. The van der Waals surface area contributed by atoms with Gasteiger partial charge >= 0.3 is 0 Å². The fourth-order valence-corrected chi connectivity index (χ4v) is 2.79. The summed E-state index contributed by atoms with van der Waals surface area (Å²) in [5, 5.41) is 13.0. The standard InChI is InChI=1S/C18H29NO2/c1-4-6-11-16(12-7-5-2)18(21-3)17(19-20)15-13-9-8-10-14-15/h8-10,13-14,16,18,20H,4-7,11-12H2,1-3H3. The van der Waals surface area contributed by atoms with Crippen molar-refractivity contribution in [1.29, 1.82) is 0 Å². The van der Waals surface area contributed by atoms with Crippen molar-refractivity contribution in [2.75, 3.05) is 7.11 Å². The van der Waals surface area contributed by atoms with E-state index in [-0.39, 0.29) is 6.10 Å². The molecule has 0 heterocycles. The minimum absolute atomic E-state index is 0.143. The molecule has 0 aliphatic heterocycles. The second-order valence-corrected chi connectivity index (χ2v) is 5.55. The van der Waals surface area contributed by atoms with Crippen LogP contribution in [0.15, 0.2) is 35.5 Å². The fourth-order valence-electron chi connectivity index (χ4n) is 2.79. The van der Waals surface area contributed by atoms with Crippen LogP contribution < -0.4 is 0 Å². The third-order valence-corrected chi connectivity index (χ3v) is 3.99. The van der Waals surface area contributed by atoms with E-state index in [1.54, 1.807) is 7.11 Å². The minimum Gasteiger partial charge on any atom is -0.411 e. The number of nitrogens with zero attached hydrogens (tertiary/aromatic N) is 1. The Labute approximate surface area is 129 Å². The molecule has 21 heavy (non-hydrogen) atoms. The monoisotopic (exact) mass is 291 g/mol. The topological polar surface area (TPSA) is 41.8 Å². The number of methoxy groups -OCH3 is 1. The minimum atomic E-state index is -0.143. The van der Waals surface area contributed by atoms with Gasteiger partial charge in [0, 0.05) is 12.7 Å². The predicted molar refractivity (Wildman–Crippen MR) is 88.1 cm³/mol. The highest BCUT2D eigenvalue weighted by molar-refractivity contribution is 6.03. The van der Waals surface area contributed by atoms with Gasteiger partial charge in [0.25, 0.3) is 0 Å². The number of ether oxygens (including phenoxy) is 1. The molecule has 3 nitrogen and oxygen atoms in total. The number of unbranched alkanes of at least 4 members (excludes halogenated alkanes) is 2. The molecule has 0 amide bonds. The Morgan fingerprint density at radius 2 is 1.67 bits per heavy atom. The first-order valence-electron chi connectivity index (χ1n) is 8.08. The van der Waals surface area contributed by atoms with E-state index in [1.807, 2.05) is 30.3 Å². The second-order valence-electron chi connectivity index (χ2n) is 5.55. The summed E-state index contributed by atoms with van der Waals surface area (Å²) in [5.74, 6) is 0.404. The number of benzene rings is 1. The molecule has 3 heteroatoms. The Hall–Kier alpha value is -1.35. The van der Waals surface area contributed by atoms with Crippen LogP contribution in [0.5, 0.6) is 0 Å². The van der Waals surface area contributed by atoms with E-state index in [4.69, 9.17) is 4.74 Å². The average Bonchev–Trinajstić information content (AvgIpc) is 2.54. The molecule has 0 saturated carbocycles. The normalized spacial score (nSPS) is 13.6. The van der Waals surface area contributed by atoms with Gasteiger partial charge in [0.2, 0.25) is 0 Å². The molecule has 0 aliphatic carbocycles. The molecule has 0 saturated heterocycles. The maximum atomic E-state index is 9.49. The maximum absolute atomic E-state index is 9.49. The van der Waals surface area contributed by atoms with Gasteiger partial charge in [0.05, 0.1) is 0 Å². The zero-order chi connectivity index (χ0) is 15.5. The van der Waals surface area contributed by atoms with Crippen LogP contribution in [0.3, 0.4) is 0 Å². The second kappa shape index (κ2) is 10.4. The van der Waals surface area contributed by atoms with Crippen LogP contribution in [-0.2, 0) is 4.74 Å². The molecule has 1 N–H and O–H groups in total. The molecule has 0 bridgehead atoms. The Balaban J connectivity index is 2.93. The molecule has 1 unspecified atom stereocenters. The molecule has 1 aromatic rings. The molecule has 0 aromatic heterocycles. The molecule has 1 rings (SSSR count). The van der Waals surface area contributed by atoms with Crippen LogP contribution in [0.1, 0.15) is 57.9 Å². The van der Waals surface area contributed by atoms with E-state index < -0.39 is 0 Å². The number of rotatable bonds is 10. The molecule has 1 atom stereocenters. The number of oxime groups is 1. The zero-order valence-corrected chi connectivity index (χ0v) is 13.6. The fraction of sp³-hybridized carbons (Fsp3) is 0.611. The summed E-state index contributed by atoms with van der Waals surface area (Å²) >= 11 is 0. The molecular weight excluding hydrogens is 262 g/mol. The average molecular weight is 291 g/mol. The van der Waals surface area contributed by atoms with Gasteiger partial charge in [0.15, 0.2) is 0 Å². The molecule has 0 fully saturated rings. The molecule has 118 valence electrons. The Kier molecular flexibility index (Phi) is 8.76. The highest BCUT2D eigenvalue weighted by Gasteiger charge is 2.27. The van der Waals surface area contributed by atoms with Gasteiger partial charge in [-0.15, -0.1) is 0 Å². The van der Waals surface area contributed by atoms with Crippen LogP contribution in [0.25, 0.3) is 0 Å². The Bertz CT molecular complexity index is 395. The van der Waals surface area contributed by atoms with Crippen molar-refractivity contribution in [2.24, 2.45) is 11.1 Å². The molecular formula is C18H29NO2.